The maximum Gasteiger partial charge on any atom is 0.325 e. The average Bonchev–Trinajstić information content (AvgIpc) is 3.04. The molecule has 3 heterocycles. The van der Waals surface area contributed by atoms with Crippen LogP contribution in [0.2, 0.25) is 0 Å². The van der Waals surface area contributed by atoms with Crippen LogP contribution in [0.25, 0.3) is 0 Å². The number of benzene rings is 1. The molecule has 0 saturated carbocycles. The molecule has 3 aliphatic heterocycles. The first-order valence-electron chi connectivity index (χ1n) is 11.3. The van der Waals surface area contributed by atoms with Crippen molar-refractivity contribution in [1.82, 2.24) is 20.4 Å². The fourth-order valence-electron chi connectivity index (χ4n) is 5.11. The predicted molar refractivity (Wildman–Crippen MR) is 113 cm³/mol. The zero-order valence-electron chi connectivity index (χ0n) is 17.5. The molecule has 7 nitrogen and oxygen atoms in total. The van der Waals surface area contributed by atoms with Crippen molar-refractivity contribution in [2.24, 2.45) is 5.92 Å². The number of rotatable bonds is 7. The Balaban J connectivity index is 1.22. The maximum absolute atomic E-state index is 12.6. The molecule has 0 radical (unpaired) electrons. The molecule has 1 aromatic carbocycles. The highest BCUT2D eigenvalue weighted by Crippen LogP contribution is 2.30. The first kappa shape index (κ1) is 20.8. The number of urea groups is 1. The monoisotopic (exact) mass is 412 g/mol. The fourth-order valence-corrected chi connectivity index (χ4v) is 5.11. The number of amides is 4. The highest BCUT2D eigenvalue weighted by atomic mass is 16.2. The second-order valence-electron chi connectivity index (χ2n) is 8.76. The molecule has 0 aliphatic carbocycles. The van der Waals surface area contributed by atoms with Crippen LogP contribution in [-0.4, -0.2) is 59.4 Å². The molecule has 162 valence electrons. The van der Waals surface area contributed by atoms with Crippen LogP contribution in [0.15, 0.2) is 30.3 Å². The summed E-state index contributed by atoms with van der Waals surface area (Å²) in [5.41, 5.74) is 0.906. The minimum atomic E-state index is -0.615. The van der Waals surface area contributed by atoms with E-state index in [4.69, 9.17) is 0 Å². The first-order chi connectivity index (χ1) is 14.6. The number of fused-ring (bicyclic) bond motifs is 1. The van der Waals surface area contributed by atoms with E-state index in [0.29, 0.717) is 24.9 Å². The summed E-state index contributed by atoms with van der Waals surface area (Å²) in [4.78, 5) is 41.0. The standard InChI is InChI=1S/C23H32N4O3/c28-21(24-15-18-9-6-14-26-13-5-4-10-20(18)26)12-11-19-22(29)27(23(30)25-19)16-17-7-2-1-3-8-17/h1-3,7-8,18-20H,4-6,9-16H2,(H,24,28)(H,25,30)/t18-,19?,20+/m0/s1. The van der Waals surface area contributed by atoms with Crippen molar-refractivity contribution in [2.45, 2.75) is 63.6 Å². The lowest BCUT2D eigenvalue weighted by Crippen LogP contribution is -2.51. The van der Waals surface area contributed by atoms with Crippen molar-refractivity contribution in [1.29, 1.82) is 0 Å². The minimum absolute atomic E-state index is 0.0357. The molecule has 2 N–H and O–H groups in total. The summed E-state index contributed by atoms with van der Waals surface area (Å²) in [7, 11) is 0. The molecule has 0 spiro atoms. The van der Waals surface area contributed by atoms with Gasteiger partial charge < -0.3 is 15.5 Å². The highest BCUT2D eigenvalue weighted by Gasteiger charge is 2.38. The average molecular weight is 413 g/mol. The van der Waals surface area contributed by atoms with Crippen molar-refractivity contribution in [2.75, 3.05) is 19.6 Å². The Morgan fingerprint density at radius 2 is 1.87 bits per heavy atom. The SMILES string of the molecule is O=C(CCC1NC(=O)N(Cc2ccccc2)C1=O)NC[C@@H]1CCCN2CCCC[C@H]12. The van der Waals surface area contributed by atoms with Crippen LogP contribution in [0, 0.1) is 5.92 Å². The lowest BCUT2D eigenvalue weighted by molar-refractivity contribution is -0.128. The Kier molecular flexibility index (Phi) is 6.67. The Morgan fingerprint density at radius 1 is 1.07 bits per heavy atom. The summed E-state index contributed by atoms with van der Waals surface area (Å²) in [6.45, 7) is 3.36. The number of hydrogen-bond donors (Lipinski definition) is 2. The van der Waals surface area contributed by atoms with Gasteiger partial charge in [0.1, 0.15) is 6.04 Å². The molecule has 3 fully saturated rings. The zero-order chi connectivity index (χ0) is 20.9. The van der Waals surface area contributed by atoms with E-state index in [2.05, 4.69) is 15.5 Å². The summed E-state index contributed by atoms with van der Waals surface area (Å²) in [5, 5.41) is 5.81. The molecular formula is C23H32N4O3. The predicted octanol–water partition coefficient (Wildman–Crippen LogP) is 2.27. The van der Waals surface area contributed by atoms with E-state index in [-0.39, 0.29) is 30.8 Å². The number of piperidine rings is 2. The third kappa shape index (κ3) is 4.83. The van der Waals surface area contributed by atoms with Crippen LogP contribution < -0.4 is 10.6 Å². The molecule has 1 unspecified atom stereocenters. The third-order valence-electron chi connectivity index (χ3n) is 6.74. The first-order valence-corrected chi connectivity index (χ1v) is 11.3. The van der Waals surface area contributed by atoms with Crippen LogP contribution >= 0.6 is 0 Å². The second kappa shape index (κ2) is 9.60. The van der Waals surface area contributed by atoms with Crippen molar-refractivity contribution in [3.05, 3.63) is 35.9 Å². The van der Waals surface area contributed by atoms with Crippen LogP contribution in [0.4, 0.5) is 4.79 Å². The van der Waals surface area contributed by atoms with Gasteiger partial charge >= 0.3 is 6.03 Å². The third-order valence-corrected chi connectivity index (χ3v) is 6.74. The molecule has 4 rings (SSSR count). The largest absolute Gasteiger partial charge is 0.356 e. The van der Waals surface area contributed by atoms with E-state index in [9.17, 15) is 14.4 Å². The Hall–Kier alpha value is -2.41. The van der Waals surface area contributed by atoms with Crippen molar-refractivity contribution in [3.8, 4) is 0 Å². The van der Waals surface area contributed by atoms with E-state index in [1.807, 2.05) is 30.3 Å². The highest BCUT2D eigenvalue weighted by molar-refractivity contribution is 6.04. The second-order valence-corrected chi connectivity index (χ2v) is 8.76. The molecule has 4 amide bonds. The quantitative estimate of drug-likeness (QED) is 0.673. The van der Waals surface area contributed by atoms with Gasteiger partial charge in [-0.05, 0) is 56.7 Å². The van der Waals surface area contributed by atoms with Crippen LogP contribution in [0.1, 0.15) is 50.5 Å². The Morgan fingerprint density at radius 3 is 2.70 bits per heavy atom. The molecule has 3 atom stereocenters. The van der Waals surface area contributed by atoms with E-state index >= 15 is 0 Å². The van der Waals surface area contributed by atoms with Gasteiger partial charge in [0.2, 0.25) is 5.91 Å². The van der Waals surface area contributed by atoms with Gasteiger partial charge in [0.05, 0.1) is 6.54 Å². The number of carbonyl (C=O) groups is 3. The molecule has 1 aromatic rings. The molecule has 0 bridgehead atoms. The van der Waals surface area contributed by atoms with E-state index in [1.54, 1.807) is 0 Å². The van der Waals surface area contributed by atoms with Gasteiger partial charge in [-0.2, -0.15) is 0 Å². The Labute approximate surface area is 178 Å². The van der Waals surface area contributed by atoms with Gasteiger partial charge in [-0.15, -0.1) is 0 Å². The van der Waals surface area contributed by atoms with Crippen LogP contribution in [0.5, 0.6) is 0 Å². The lowest BCUT2D eigenvalue weighted by Gasteiger charge is -2.44. The van der Waals surface area contributed by atoms with Gasteiger partial charge in [-0.25, -0.2) is 4.79 Å². The van der Waals surface area contributed by atoms with Gasteiger partial charge in [-0.3, -0.25) is 14.5 Å². The van der Waals surface area contributed by atoms with Crippen molar-refractivity contribution >= 4 is 17.8 Å². The number of imide groups is 1. The molecule has 3 aliphatic rings. The fraction of sp³-hybridized carbons (Fsp3) is 0.609. The normalized spacial score (nSPS) is 26.9. The van der Waals surface area contributed by atoms with E-state index in [1.165, 1.54) is 50.1 Å². The topological polar surface area (TPSA) is 81.8 Å². The smallest absolute Gasteiger partial charge is 0.325 e. The zero-order valence-corrected chi connectivity index (χ0v) is 17.5. The number of hydrogen-bond acceptors (Lipinski definition) is 4. The maximum atomic E-state index is 12.6. The molecule has 3 saturated heterocycles. The number of carbonyl (C=O) groups excluding carboxylic acids is 3. The summed E-state index contributed by atoms with van der Waals surface area (Å²) >= 11 is 0. The summed E-state index contributed by atoms with van der Waals surface area (Å²) < 4.78 is 0. The van der Waals surface area contributed by atoms with Crippen LogP contribution in [-0.2, 0) is 16.1 Å². The van der Waals surface area contributed by atoms with Crippen LogP contribution in [0.3, 0.4) is 0 Å². The molecule has 7 heteroatoms. The van der Waals surface area contributed by atoms with Gasteiger partial charge in [-0.1, -0.05) is 36.8 Å². The van der Waals surface area contributed by atoms with Crippen molar-refractivity contribution in [3.63, 3.8) is 0 Å². The lowest BCUT2D eigenvalue weighted by atomic mass is 9.83. The van der Waals surface area contributed by atoms with Gasteiger partial charge in [0, 0.05) is 19.0 Å². The molecular weight excluding hydrogens is 380 g/mol. The van der Waals surface area contributed by atoms with Crippen molar-refractivity contribution < 1.29 is 14.4 Å². The molecule has 0 aromatic heterocycles. The number of nitrogens with zero attached hydrogens (tertiary/aromatic N) is 2. The summed E-state index contributed by atoms with van der Waals surface area (Å²) in [6.07, 6.45) is 6.77. The summed E-state index contributed by atoms with van der Waals surface area (Å²) in [5.74, 6) is 0.241. The van der Waals surface area contributed by atoms with Gasteiger partial charge in [0.25, 0.3) is 5.91 Å². The van der Waals surface area contributed by atoms with Gasteiger partial charge in [0.15, 0.2) is 0 Å². The summed E-state index contributed by atoms with van der Waals surface area (Å²) in [6, 6.07) is 9.05. The molecule has 30 heavy (non-hydrogen) atoms. The Bertz CT molecular complexity index is 767. The van der Waals surface area contributed by atoms with E-state index < -0.39 is 6.04 Å². The minimum Gasteiger partial charge on any atom is -0.356 e. The van der Waals surface area contributed by atoms with E-state index in [0.717, 1.165) is 5.56 Å². The number of nitrogens with one attached hydrogen (secondary N) is 2.